The van der Waals surface area contributed by atoms with Gasteiger partial charge in [-0.2, -0.15) is 0 Å². The fourth-order valence-electron chi connectivity index (χ4n) is 13.7. The zero-order chi connectivity index (χ0) is 86.9. The molecule has 3 aliphatic heterocycles. The zero-order valence-electron chi connectivity index (χ0n) is 68.6. The molecule has 3 heterocycles. The van der Waals surface area contributed by atoms with Crippen LogP contribution in [-0.4, -0.2) is 205 Å². The van der Waals surface area contributed by atoms with Crippen molar-refractivity contribution < 1.29 is 107 Å². The van der Waals surface area contributed by atoms with E-state index in [1.165, 1.54) is 83.0 Å². The molecule has 0 spiro atoms. The normalized spacial score (nSPS) is 27.1. The maximum absolute atomic E-state index is 13.7. The average Bonchev–Trinajstić information content (AvgIpc) is 0.813. The van der Waals surface area contributed by atoms with Gasteiger partial charge in [0.2, 0.25) is 35.6 Å². The fourth-order valence-corrected chi connectivity index (χ4v) is 13.7. The number of likely N-dealkylation sites (N-methyl/N-ethyl adjacent to an activating group) is 1. The van der Waals surface area contributed by atoms with Crippen LogP contribution in [0, 0.1) is 35.5 Å². The molecule has 0 aromatic heterocycles. The number of hydrogen-bond acceptors (Lipinski definition) is 22. The fraction of sp³-hybridized carbons (Fsp3) is 0.455. The third-order valence-electron chi connectivity index (χ3n) is 21.9. The van der Waals surface area contributed by atoms with E-state index in [-0.39, 0.29) is 65.0 Å². The Morgan fingerprint density at radius 2 is 0.695 bits per heavy atom. The second-order valence-electron chi connectivity index (χ2n) is 30.5. The van der Waals surface area contributed by atoms with Crippen LogP contribution in [0.2, 0.25) is 0 Å². The summed E-state index contributed by atoms with van der Waals surface area (Å²) in [6.07, 6.45) is -6.57. The molecule has 3 saturated heterocycles. The van der Waals surface area contributed by atoms with Gasteiger partial charge >= 0.3 is 23.9 Å². The molecule has 6 aromatic rings. The number of amides is 8. The number of nitrogens with zero attached hydrogens (tertiary/aromatic N) is 1. The molecule has 0 bridgehead atoms. The number of carbonyl (C=O) groups excluding carboxylic acids is 12. The highest BCUT2D eigenvalue weighted by Gasteiger charge is 2.46. The van der Waals surface area contributed by atoms with Crippen LogP contribution < -0.4 is 37.2 Å². The highest BCUT2D eigenvalue weighted by Crippen LogP contribution is 2.28. The number of nitrogens with one attached hydrogen (secondary N) is 7. The average molecular weight is 1630 g/mol. The monoisotopic (exact) mass is 1630 g/mol. The maximum Gasteiger partial charge on any atom is 0.348 e. The number of aliphatic hydroxyl groups is 3. The molecular weight excluding hydrogens is 1520 g/mol. The Hall–Kier alpha value is -11.8. The van der Waals surface area contributed by atoms with Gasteiger partial charge in [0.25, 0.3) is 17.7 Å². The molecule has 8 amide bonds. The van der Waals surface area contributed by atoms with Gasteiger partial charge in [-0.25, -0.2) is 14.4 Å². The van der Waals surface area contributed by atoms with Crippen LogP contribution >= 0.6 is 0 Å². The third-order valence-corrected chi connectivity index (χ3v) is 21.9. The number of para-hydroxylation sites is 3. The van der Waals surface area contributed by atoms with Gasteiger partial charge in [0, 0.05) is 13.0 Å². The van der Waals surface area contributed by atoms with Gasteiger partial charge in [0.1, 0.15) is 65.8 Å². The van der Waals surface area contributed by atoms with Crippen molar-refractivity contribution in [2.75, 3.05) is 7.05 Å². The predicted molar refractivity (Wildman–Crippen MR) is 433 cm³/mol. The van der Waals surface area contributed by atoms with Gasteiger partial charge in [-0.15, -0.1) is 0 Å². The molecule has 21 atom stereocenters. The van der Waals surface area contributed by atoms with E-state index in [4.69, 9.17) is 18.9 Å². The van der Waals surface area contributed by atoms with Crippen molar-refractivity contribution in [2.45, 2.75) is 213 Å². The quantitative estimate of drug-likeness (QED) is 0.0355. The Labute approximate surface area is 686 Å². The van der Waals surface area contributed by atoms with Crippen molar-refractivity contribution in [2.24, 2.45) is 35.5 Å². The predicted octanol–water partition coefficient (Wildman–Crippen LogP) is 5.84. The highest BCUT2D eigenvalue weighted by molar-refractivity contribution is 6.02. The van der Waals surface area contributed by atoms with Gasteiger partial charge in [0.05, 0.1) is 70.9 Å². The number of benzene rings is 6. The van der Waals surface area contributed by atoms with E-state index in [0.29, 0.717) is 19.3 Å². The van der Waals surface area contributed by atoms with Crippen molar-refractivity contribution in [3.05, 3.63) is 197 Å². The number of aliphatic hydroxyl groups excluding tert-OH is 3. The molecule has 6 aromatic carbocycles. The standard InChI is InChI=1S/C30H39N3O7.C29H37N3O7.C29H36N2O8/c1-6-17(2)25-30(39)40-19(4)24(32-27(36)21-14-10-11-15-23(21)34)28(37)31-22(16-20-12-8-7-9-13-20)26(35)18(3)29(38)33(25)5;1-5-16(2)23-29(38)39-18(4)24(32-27(36)20-13-9-10-14-22(20)33)28(37)30-21(15-19-11-7-6-8-12-19)25(34)17(3)26(35)31-23;1-5-16(2)25-29(37)38-18(4)23(31-26(34)20-13-9-10-14-22(20)32)27(35)30-21(15-19-11-7-6-8-12-19)24(33)17(3)28(36)39-25/h7-15,17-19,22,24-26,34-35H,6,16H2,1-5H3,(H,31,37)(H,32,36);6-14,16-18,21,23-25,33-34H,5,15H2,1-4H3,(H,30,37)(H,31,35)(H,32,36);6-14,16-18,21,23-25,32-33H,5,15H2,1-4H3,(H,30,35)(H,31,34)/t17?,18-,19-,22+,24+,25?,26+;16?,17-,18-,21+,23?,24+,25+;16?,17-,18-,21+,23+,24+,25?/m111/s1. The van der Waals surface area contributed by atoms with Crippen LogP contribution in [0.25, 0.3) is 0 Å². The lowest BCUT2D eigenvalue weighted by molar-refractivity contribution is -0.180. The van der Waals surface area contributed by atoms with Crippen molar-refractivity contribution in [3.63, 3.8) is 0 Å². The Bertz CT molecular complexity index is 4240. The van der Waals surface area contributed by atoms with Crippen molar-refractivity contribution in [1.82, 2.24) is 42.1 Å². The molecule has 0 saturated carbocycles. The lowest BCUT2D eigenvalue weighted by Crippen LogP contribution is -2.61. The topological polar surface area (TPSA) is 451 Å². The first kappa shape index (κ1) is 93.4. The van der Waals surface area contributed by atoms with Gasteiger partial charge in [0.15, 0.2) is 0 Å². The second kappa shape index (κ2) is 44.0. The minimum absolute atomic E-state index is 0.0581. The number of aromatic hydroxyl groups is 3. The first-order valence-corrected chi connectivity index (χ1v) is 39.7. The molecular formula is C88H112N8O22. The summed E-state index contributed by atoms with van der Waals surface area (Å²) in [5.74, 6) is -13.5. The van der Waals surface area contributed by atoms with Gasteiger partial charge in [-0.3, -0.25) is 43.2 Å². The number of carbonyl (C=O) groups is 12. The molecule has 6 unspecified atom stereocenters. The van der Waals surface area contributed by atoms with Crippen molar-refractivity contribution in [3.8, 4) is 17.2 Å². The molecule has 3 fully saturated rings. The van der Waals surface area contributed by atoms with E-state index < -0.39 is 186 Å². The number of hydrogen-bond donors (Lipinski definition) is 13. The van der Waals surface area contributed by atoms with Gasteiger partial charge < -0.3 is 91.7 Å². The summed E-state index contributed by atoms with van der Waals surface area (Å²) < 4.78 is 22.4. The first-order valence-electron chi connectivity index (χ1n) is 39.7. The van der Waals surface area contributed by atoms with Crippen LogP contribution in [0.1, 0.15) is 150 Å². The van der Waals surface area contributed by atoms with Crippen LogP contribution in [-0.2, 0) is 81.4 Å². The van der Waals surface area contributed by atoms with Crippen LogP contribution in [0.15, 0.2) is 164 Å². The summed E-state index contributed by atoms with van der Waals surface area (Å²) in [6, 6.07) is 36.1. The summed E-state index contributed by atoms with van der Waals surface area (Å²) in [7, 11) is 1.50. The molecule has 0 aliphatic carbocycles. The van der Waals surface area contributed by atoms with E-state index in [1.54, 1.807) is 57.2 Å². The van der Waals surface area contributed by atoms with Crippen LogP contribution in [0.5, 0.6) is 17.2 Å². The van der Waals surface area contributed by atoms with Crippen molar-refractivity contribution in [1.29, 1.82) is 0 Å². The molecule has 3 aliphatic rings. The first-order chi connectivity index (χ1) is 56.0. The molecule has 636 valence electrons. The van der Waals surface area contributed by atoms with E-state index >= 15 is 0 Å². The summed E-state index contributed by atoms with van der Waals surface area (Å²) in [5, 5.41) is 83.0. The molecule has 30 nitrogen and oxygen atoms in total. The smallest absolute Gasteiger partial charge is 0.348 e. The van der Waals surface area contributed by atoms with Crippen molar-refractivity contribution >= 4 is 71.1 Å². The molecule has 9 rings (SSSR count). The summed E-state index contributed by atoms with van der Waals surface area (Å²) in [4.78, 5) is 161. The lowest BCUT2D eigenvalue weighted by atomic mass is 9.90. The Morgan fingerprint density at radius 1 is 0.381 bits per heavy atom. The number of phenols is 3. The Morgan fingerprint density at radius 3 is 1.04 bits per heavy atom. The highest BCUT2D eigenvalue weighted by atomic mass is 16.6. The number of esters is 4. The van der Waals surface area contributed by atoms with E-state index in [1.807, 2.05) is 119 Å². The Balaban J connectivity index is 0.000000244. The number of ether oxygens (including phenoxy) is 4. The third kappa shape index (κ3) is 24.9. The van der Waals surface area contributed by atoms with E-state index in [0.717, 1.165) is 16.7 Å². The van der Waals surface area contributed by atoms with E-state index in [2.05, 4.69) is 37.2 Å². The Kier molecular flexibility index (Phi) is 34.8. The summed E-state index contributed by atoms with van der Waals surface area (Å²) in [5.41, 5.74) is 2.23. The zero-order valence-corrected chi connectivity index (χ0v) is 68.6. The second-order valence-corrected chi connectivity index (χ2v) is 30.5. The van der Waals surface area contributed by atoms with Crippen LogP contribution in [0.4, 0.5) is 0 Å². The lowest BCUT2D eigenvalue weighted by Gasteiger charge is -2.38. The molecule has 30 heteroatoms. The molecule has 13 N–H and O–H groups in total. The SMILES string of the molecule is CCC(C)C1C(=O)O[C@H](C)[C@H](NC(=O)c2ccccc2O)C(=O)N[C@@H](Cc2ccccc2)[C@@H](O)[C@@H](C)C(=O)N1C.CCC(C)C1NC(=O)[C@H](C)[C@H](O)[C@H](Cc2ccccc2)NC(=O)[C@@H](NC(=O)c2ccccc2O)[C@@H](C)OC1=O.CCC(C)C1OC(=O)[C@H](C)[C@H](O)[C@H](Cc2ccccc2)NC(=O)[C@@H](NC(=O)c2ccccc2O)[C@@H](C)OC1=O. The number of rotatable bonds is 18. The summed E-state index contributed by atoms with van der Waals surface area (Å²) in [6.45, 7) is 19.8. The number of phenolic OH excluding ortho intramolecular Hbond substituents is 3. The van der Waals surface area contributed by atoms with E-state index in [9.17, 15) is 88.2 Å². The largest absolute Gasteiger partial charge is 0.507 e. The van der Waals surface area contributed by atoms with Gasteiger partial charge in [-0.05, 0) is 118 Å². The van der Waals surface area contributed by atoms with Crippen LogP contribution in [0.3, 0.4) is 0 Å². The maximum atomic E-state index is 13.7. The molecule has 0 radical (unpaired) electrons. The summed E-state index contributed by atoms with van der Waals surface area (Å²) >= 11 is 0. The van der Waals surface area contributed by atoms with Gasteiger partial charge in [-0.1, -0.05) is 196 Å². The molecule has 118 heavy (non-hydrogen) atoms. The minimum Gasteiger partial charge on any atom is -0.507 e. The minimum atomic E-state index is -1.39. The number of cyclic esters (lactones) is 4.